The molecule has 0 aliphatic heterocycles. The standard InChI is InChI=1S/C32H39Cl2N3O5S2/c1-6-28(32(39)35-19-22(3)4)36(20-23-12-17-26(33)27(34)18-23)31(38)21-37(29-10-8-9-11-30(29)42-7-2)44(40,41)25-15-13-24(43-5)14-16-25/h8-18,22,28H,6-7,19-21H2,1-5H3,(H,35,39)/t28-/m1/s1. The normalized spacial score (nSPS) is 12.1. The molecular weight excluding hydrogens is 641 g/mol. The van der Waals surface area contributed by atoms with Gasteiger partial charge in [-0.15, -0.1) is 11.8 Å². The Bertz CT molecular complexity index is 1540. The van der Waals surface area contributed by atoms with E-state index in [1.54, 1.807) is 68.4 Å². The Kier molecular flexibility index (Phi) is 13.3. The second kappa shape index (κ2) is 16.4. The van der Waals surface area contributed by atoms with E-state index in [0.717, 1.165) is 9.20 Å². The smallest absolute Gasteiger partial charge is 0.264 e. The molecule has 2 amide bonds. The van der Waals surface area contributed by atoms with E-state index in [2.05, 4.69) is 5.32 Å². The van der Waals surface area contributed by atoms with Crippen molar-refractivity contribution in [1.29, 1.82) is 0 Å². The minimum atomic E-state index is -4.25. The number of nitrogens with one attached hydrogen (secondary N) is 1. The van der Waals surface area contributed by atoms with Crippen LogP contribution in [0.1, 0.15) is 39.7 Å². The van der Waals surface area contributed by atoms with Crippen LogP contribution in [0.15, 0.2) is 76.5 Å². The number of nitrogens with zero attached hydrogens (tertiary/aromatic N) is 2. The molecule has 0 aliphatic carbocycles. The van der Waals surface area contributed by atoms with Crippen molar-refractivity contribution in [2.75, 3.05) is 30.3 Å². The van der Waals surface area contributed by atoms with Crippen LogP contribution < -0.4 is 14.4 Å². The Hall–Kier alpha value is -2.92. The summed E-state index contributed by atoms with van der Waals surface area (Å²) in [5, 5.41) is 3.58. The largest absolute Gasteiger partial charge is 0.492 e. The topological polar surface area (TPSA) is 96.0 Å². The van der Waals surface area contributed by atoms with Crippen molar-refractivity contribution in [3.63, 3.8) is 0 Å². The van der Waals surface area contributed by atoms with Crippen LogP contribution in [0.4, 0.5) is 5.69 Å². The maximum atomic E-state index is 14.3. The number of halogens is 2. The van der Waals surface area contributed by atoms with Crippen LogP contribution in [0.3, 0.4) is 0 Å². The van der Waals surface area contributed by atoms with Crippen molar-refractivity contribution >= 4 is 62.5 Å². The highest BCUT2D eigenvalue weighted by molar-refractivity contribution is 7.98. The molecule has 0 bridgehead atoms. The average molecular weight is 681 g/mol. The number of carbonyl (C=O) groups excluding carboxylic acids is 2. The Morgan fingerprint density at radius 1 is 0.977 bits per heavy atom. The number of rotatable bonds is 15. The summed E-state index contributed by atoms with van der Waals surface area (Å²) in [4.78, 5) is 30.0. The van der Waals surface area contributed by atoms with Crippen LogP contribution >= 0.6 is 35.0 Å². The summed E-state index contributed by atoms with van der Waals surface area (Å²) >= 11 is 13.9. The summed E-state index contributed by atoms with van der Waals surface area (Å²) in [6, 6.07) is 17.2. The Balaban J connectivity index is 2.12. The van der Waals surface area contributed by atoms with Gasteiger partial charge in [-0.05, 0) is 79.6 Å². The molecule has 238 valence electrons. The number of para-hydroxylation sites is 2. The molecule has 3 rings (SSSR count). The fourth-order valence-corrected chi connectivity index (χ4v) is 6.66. The van der Waals surface area contributed by atoms with E-state index in [0.29, 0.717) is 40.9 Å². The molecule has 0 saturated heterocycles. The van der Waals surface area contributed by atoms with Gasteiger partial charge < -0.3 is 15.0 Å². The highest BCUT2D eigenvalue weighted by Crippen LogP contribution is 2.33. The first-order valence-corrected chi connectivity index (χ1v) is 17.7. The quantitative estimate of drug-likeness (QED) is 0.176. The van der Waals surface area contributed by atoms with Crippen LogP contribution in [0, 0.1) is 5.92 Å². The molecule has 44 heavy (non-hydrogen) atoms. The molecule has 1 N–H and O–H groups in total. The van der Waals surface area contributed by atoms with E-state index in [-0.39, 0.29) is 29.0 Å². The van der Waals surface area contributed by atoms with E-state index in [4.69, 9.17) is 27.9 Å². The lowest BCUT2D eigenvalue weighted by Gasteiger charge is -2.33. The zero-order valence-electron chi connectivity index (χ0n) is 25.5. The zero-order chi connectivity index (χ0) is 32.4. The third kappa shape index (κ3) is 9.06. The minimum Gasteiger partial charge on any atom is -0.492 e. The maximum absolute atomic E-state index is 14.3. The second-order valence-electron chi connectivity index (χ2n) is 10.4. The zero-order valence-corrected chi connectivity index (χ0v) is 28.7. The van der Waals surface area contributed by atoms with Crippen molar-refractivity contribution < 1.29 is 22.7 Å². The van der Waals surface area contributed by atoms with Crippen molar-refractivity contribution in [2.45, 2.75) is 56.5 Å². The van der Waals surface area contributed by atoms with Crippen LogP contribution in [0.5, 0.6) is 5.75 Å². The van der Waals surface area contributed by atoms with Crippen molar-refractivity contribution in [3.05, 3.63) is 82.3 Å². The lowest BCUT2D eigenvalue weighted by Crippen LogP contribution is -2.52. The van der Waals surface area contributed by atoms with Crippen LogP contribution in [0.25, 0.3) is 0 Å². The highest BCUT2D eigenvalue weighted by Gasteiger charge is 2.35. The Labute approximate surface area is 275 Å². The van der Waals surface area contributed by atoms with Gasteiger partial charge in [-0.2, -0.15) is 0 Å². The predicted octanol–water partition coefficient (Wildman–Crippen LogP) is 6.89. The van der Waals surface area contributed by atoms with Crippen LogP contribution in [0.2, 0.25) is 10.0 Å². The molecule has 3 aromatic carbocycles. The van der Waals surface area contributed by atoms with Crippen molar-refractivity contribution in [3.8, 4) is 5.75 Å². The molecule has 1 atom stereocenters. The Morgan fingerprint density at radius 2 is 1.66 bits per heavy atom. The number of carbonyl (C=O) groups is 2. The van der Waals surface area contributed by atoms with Gasteiger partial charge in [0.15, 0.2) is 0 Å². The number of benzene rings is 3. The first kappa shape index (κ1) is 35.6. The second-order valence-corrected chi connectivity index (χ2v) is 14.0. The first-order chi connectivity index (χ1) is 20.9. The van der Waals surface area contributed by atoms with Gasteiger partial charge in [-0.25, -0.2) is 8.42 Å². The van der Waals surface area contributed by atoms with Gasteiger partial charge in [-0.1, -0.05) is 62.2 Å². The number of anilines is 1. The van der Waals surface area contributed by atoms with Gasteiger partial charge in [0.1, 0.15) is 18.3 Å². The lowest BCUT2D eigenvalue weighted by atomic mass is 10.1. The van der Waals surface area contributed by atoms with Gasteiger partial charge in [0, 0.05) is 18.0 Å². The third-order valence-corrected chi connectivity index (χ3v) is 10.0. The van der Waals surface area contributed by atoms with Crippen LogP contribution in [-0.2, 0) is 26.2 Å². The van der Waals surface area contributed by atoms with Gasteiger partial charge in [0.2, 0.25) is 11.8 Å². The molecule has 3 aromatic rings. The molecule has 0 saturated carbocycles. The first-order valence-electron chi connectivity index (χ1n) is 14.3. The third-order valence-electron chi connectivity index (χ3n) is 6.77. The Morgan fingerprint density at radius 3 is 2.25 bits per heavy atom. The monoisotopic (exact) mass is 679 g/mol. The van der Waals surface area contributed by atoms with E-state index in [1.165, 1.54) is 28.8 Å². The van der Waals surface area contributed by atoms with Gasteiger partial charge in [0.25, 0.3) is 10.0 Å². The maximum Gasteiger partial charge on any atom is 0.264 e. The molecule has 0 spiro atoms. The van der Waals surface area contributed by atoms with Crippen molar-refractivity contribution in [2.24, 2.45) is 5.92 Å². The van der Waals surface area contributed by atoms with Gasteiger partial charge >= 0.3 is 0 Å². The fraction of sp³-hybridized carbons (Fsp3) is 0.375. The predicted molar refractivity (Wildman–Crippen MR) is 179 cm³/mol. The summed E-state index contributed by atoms with van der Waals surface area (Å²) in [7, 11) is -4.25. The number of sulfonamides is 1. The van der Waals surface area contributed by atoms with E-state index < -0.39 is 28.5 Å². The summed E-state index contributed by atoms with van der Waals surface area (Å²) in [5.74, 6) is -0.390. The van der Waals surface area contributed by atoms with Crippen LogP contribution in [-0.4, -0.2) is 57.1 Å². The highest BCUT2D eigenvalue weighted by atomic mass is 35.5. The summed E-state index contributed by atoms with van der Waals surface area (Å²) in [5.41, 5.74) is 0.850. The van der Waals surface area contributed by atoms with Crippen molar-refractivity contribution in [1.82, 2.24) is 10.2 Å². The van der Waals surface area contributed by atoms with Gasteiger partial charge in [0.05, 0.1) is 27.2 Å². The summed E-state index contributed by atoms with van der Waals surface area (Å²) in [6.07, 6.45) is 2.20. The molecule has 8 nitrogen and oxygen atoms in total. The number of hydrogen-bond donors (Lipinski definition) is 1. The molecule has 0 heterocycles. The molecule has 0 aliphatic rings. The SMILES string of the molecule is CCOc1ccccc1N(CC(=O)N(Cc1ccc(Cl)c(Cl)c1)[C@H](CC)C(=O)NCC(C)C)S(=O)(=O)c1ccc(SC)cc1. The summed E-state index contributed by atoms with van der Waals surface area (Å²) in [6.45, 7) is 7.70. The molecule has 0 unspecified atom stereocenters. The molecule has 0 radical (unpaired) electrons. The number of thioether (sulfide) groups is 1. The van der Waals surface area contributed by atoms with Gasteiger partial charge in [-0.3, -0.25) is 13.9 Å². The average Bonchev–Trinajstić information content (AvgIpc) is 3.00. The molecule has 0 fully saturated rings. The minimum absolute atomic E-state index is 0.00669. The molecular formula is C32H39Cl2N3O5S2. The summed E-state index contributed by atoms with van der Waals surface area (Å²) < 4.78 is 35.3. The van der Waals surface area contributed by atoms with E-state index in [1.807, 2.05) is 20.1 Å². The van der Waals surface area contributed by atoms with E-state index in [9.17, 15) is 18.0 Å². The molecule has 0 aromatic heterocycles. The fourth-order valence-electron chi connectivity index (χ4n) is 4.51. The van der Waals surface area contributed by atoms with E-state index >= 15 is 0 Å². The lowest BCUT2D eigenvalue weighted by molar-refractivity contribution is -0.140. The number of amides is 2. The number of ether oxygens (including phenoxy) is 1. The number of hydrogen-bond acceptors (Lipinski definition) is 6. The molecule has 12 heteroatoms.